The molecule has 17 aromatic carbocycles. The number of para-hydroxylation sites is 4. The smallest absolute Gasteiger partial charge is 0.143 e. The highest BCUT2D eigenvalue weighted by atomic mass is 16.3. The van der Waals surface area contributed by atoms with Gasteiger partial charge in [-0.15, -0.1) is 0 Å². The molecule has 0 saturated carbocycles. The Morgan fingerprint density at radius 2 is 0.473 bits per heavy atom. The first-order valence-electron chi connectivity index (χ1n) is 32.0. The van der Waals surface area contributed by atoms with Crippen molar-refractivity contribution in [3.05, 3.63) is 322 Å². The van der Waals surface area contributed by atoms with E-state index in [1.54, 1.807) is 0 Å². The van der Waals surface area contributed by atoms with Crippen LogP contribution in [-0.4, -0.2) is 4.57 Å². The molecule has 3 nitrogen and oxygen atoms in total. The largest absolute Gasteiger partial charge is 0.455 e. The SMILES string of the molecule is c1ccc(-c2c3ccccc3c(-c3ccc(-n4c5ccc(-c6cccc7c6oc6c(-c8ccc9ccc%10ccccc%10c9c8)cccc67)cc5c5cc(-c6cccc7c6oc6c(-c8ccc9ccc%10ccccc%10c9c8)cccc67)ccc54)cc3)c3ccccc23)cc1. The summed E-state index contributed by atoms with van der Waals surface area (Å²) < 4.78 is 16.9. The minimum Gasteiger partial charge on any atom is -0.455 e. The van der Waals surface area contributed by atoms with Crippen LogP contribution >= 0.6 is 0 Å². The summed E-state index contributed by atoms with van der Waals surface area (Å²) in [5.74, 6) is 0. The Morgan fingerprint density at radius 3 is 0.871 bits per heavy atom. The number of rotatable bonds is 7. The molecule has 0 atom stereocenters. The minimum absolute atomic E-state index is 0.871. The molecule has 0 radical (unpaired) electrons. The van der Waals surface area contributed by atoms with Crippen molar-refractivity contribution in [3.8, 4) is 72.4 Å². The minimum atomic E-state index is 0.871. The van der Waals surface area contributed by atoms with E-state index >= 15 is 0 Å². The van der Waals surface area contributed by atoms with Crippen LogP contribution in [0.25, 0.3) is 203 Å². The molecule has 0 N–H and O–H groups in total. The molecule has 3 heterocycles. The van der Waals surface area contributed by atoms with Gasteiger partial charge in [0.25, 0.3) is 0 Å². The summed E-state index contributed by atoms with van der Waals surface area (Å²) in [7, 11) is 0. The normalized spacial score (nSPS) is 12.1. The van der Waals surface area contributed by atoms with E-state index in [-0.39, 0.29) is 0 Å². The lowest BCUT2D eigenvalue weighted by Crippen LogP contribution is -1.95. The number of fused-ring (bicyclic) bond motifs is 17. The Balaban J connectivity index is 0.766. The van der Waals surface area contributed by atoms with E-state index in [2.05, 4.69) is 326 Å². The summed E-state index contributed by atoms with van der Waals surface area (Å²) in [5.41, 5.74) is 20.4. The fraction of sp³-hybridized carbons (Fsp3) is 0. The average molecular weight is 1180 g/mol. The summed E-state index contributed by atoms with van der Waals surface area (Å²) in [4.78, 5) is 0. The highest BCUT2D eigenvalue weighted by Crippen LogP contribution is 2.48. The van der Waals surface area contributed by atoms with E-state index in [4.69, 9.17) is 8.83 Å². The number of aromatic nitrogens is 1. The maximum Gasteiger partial charge on any atom is 0.143 e. The van der Waals surface area contributed by atoms with Crippen molar-refractivity contribution < 1.29 is 8.83 Å². The number of furan rings is 2. The van der Waals surface area contributed by atoms with Crippen molar-refractivity contribution in [2.75, 3.05) is 0 Å². The predicted octanol–water partition coefficient (Wildman–Crippen LogP) is 25.5. The van der Waals surface area contributed by atoms with E-state index in [1.807, 2.05) is 0 Å². The van der Waals surface area contributed by atoms with Gasteiger partial charge in [-0.25, -0.2) is 0 Å². The van der Waals surface area contributed by atoms with E-state index in [0.29, 0.717) is 0 Å². The molecule has 3 aromatic heterocycles. The lowest BCUT2D eigenvalue weighted by Gasteiger charge is -2.18. The molecule has 0 bridgehead atoms. The van der Waals surface area contributed by atoms with Crippen molar-refractivity contribution in [3.63, 3.8) is 0 Å². The number of hydrogen-bond donors (Lipinski definition) is 0. The van der Waals surface area contributed by atoms with Gasteiger partial charge in [-0.3, -0.25) is 0 Å². The first kappa shape index (κ1) is 51.6. The van der Waals surface area contributed by atoms with Gasteiger partial charge in [-0.1, -0.05) is 273 Å². The molecule has 20 aromatic rings. The zero-order valence-corrected chi connectivity index (χ0v) is 50.4. The molecular formula is C90H53NO2. The third-order valence-corrected chi connectivity index (χ3v) is 20.0. The average Bonchev–Trinajstić information content (AvgIpc) is 1.39. The maximum atomic E-state index is 7.23. The van der Waals surface area contributed by atoms with Crippen LogP contribution in [0, 0.1) is 0 Å². The van der Waals surface area contributed by atoms with Gasteiger partial charge in [0.2, 0.25) is 0 Å². The molecule has 0 amide bonds. The molecule has 20 rings (SSSR count). The molecule has 0 aliphatic heterocycles. The highest BCUT2D eigenvalue weighted by molar-refractivity contribution is 6.23. The van der Waals surface area contributed by atoms with Crippen LogP contribution in [-0.2, 0) is 0 Å². The van der Waals surface area contributed by atoms with Crippen molar-refractivity contribution >= 4 is 130 Å². The zero-order chi connectivity index (χ0) is 60.8. The second kappa shape index (κ2) is 20.1. The Bertz CT molecular complexity index is 6190. The van der Waals surface area contributed by atoms with Gasteiger partial charge in [0.05, 0.1) is 11.0 Å². The zero-order valence-electron chi connectivity index (χ0n) is 50.4. The molecule has 430 valence electrons. The van der Waals surface area contributed by atoms with Crippen molar-refractivity contribution in [2.45, 2.75) is 0 Å². The first-order chi connectivity index (χ1) is 46.1. The van der Waals surface area contributed by atoms with E-state index in [9.17, 15) is 0 Å². The quantitative estimate of drug-likeness (QED) is 0.118. The van der Waals surface area contributed by atoms with E-state index in [1.165, 1.54) is 86.9 Å². The van der Waals surface area contributed by atoms with Crippen LogP contribution < -0.4 is 0 Å². The van der Waals surface area contributed by atoms with Gasteiger partial charge in [-0.05, 0) is 158 Å². The van der Waals surface area contributed by atoms with Crippen LogP contribution in [0.2, 0.25) is 0 Å². The molecule has 0 saturated heterocycles. The fourth-order valence-electron chi connectivity index (χ4n) is 15.7. The Labute approximate surface area is 534 Å². The summed E-state index contributed by atoms with van der Waals surface area (Å²) >= 11 is 0. The van der Waals surface area contributed by atoms with Crippen LogP contribution in [0.1, 0.15) is 0 Å². The van der Waals surface area contributed by atoms with Crippen molar-refractivity contribution in [2.24, 2.45) is 0 Å². The first-order valence-corrected chi connectivity index (χ1v) is 32.0. The molecule has 0 unspecified atom stereocenters. The predicted molar refractivity (Wildman–Crippen MR) is 393 cm³/mol. The highest BCUT2D eigenvalue weighted by Gasteiger charge is 2.23. The Hall–Kier alpha value is -12.3. The maximum absolute atomic E-state index is 7.23. The summed E-state index contributed by atoms with van der Waals surface area (Å²) in [6, 6.07) is 118. The summed E-state index contributed by atoms with van der Waals surface area (Å²) in [6.45, 7) is 0. The second-order valence-electron chi connectivity index (χ2n) is 24.9. The molecule has 0 aliphatic carbocycles. The lowest BCUT2D eigenvalue weighted by molar-refractivity contribution is 0.670. The van der Waals surface area contributed by atoms with E-state index in [0.717, 1.165) is 116 Å². The lowest BCUT2D eigenvalue weighted by atomic mass is 9.86. The number of benzene rings is 17. The molecule has 0 spiro atoms. The summed E-state index contributed by atoms with van der Waals surface area (Å²) in [6.07, 6.45) is 0. The number of hydrogen-bond acceptors (Lipinski definition) is 2. The van der Waals surface area contributed by atoms with E-state index < -0.39 is 0 Å². The number of nitrogens with zero attached hydrogens (tertiary/aromatic N) is 1. The van der Waals surface area contributed by atoms with Gasteiger partial charge in [0, 0.05) is 60.3 Å². The molecule has 93 heavy (non-hydrogen) atoms. The fourth-order valence-corrected chi connectivity index (χ4v) is 15.7. The third-order valence-electron chi connectivity index (χ3n) is 20.0. The van der Waals surface area contributed by atoms with Crippen LogP contribution in [0.15, 0.2) is 330 Å². The second-order valence-corrected chi connectivity index (χ2v) is 24.9. The third kappa shape index (κ3) is 7.84. The van der Waals surface area contributed by atoms with Crippen molar-refractivity contribution in [1.82, 2.24) is 4.57 Å². The van der Waals surface area contributed by atoms with Gasteiger partial charge in [0.1, 0.15) is 22.3 Å². The van der Waals surface area contributed by atoms with Gasteiger partial charge in [-0.2, -0.15) is 0 Å². The Kier molecular flexibility index (Phi) is 11.1. The Morgan fingerprint density at radius 1 is 0.183 bits per heavy atom. The van der Waals surface area contributed by atoms with Crippen molar-refractivity contribution in [1.29, 1.82) is 0 Å². The molecule has 0 aliphatic rings. The topological polar surface area (TPSA) is 31.2 Å². The molecule has 0 fully saturated rings. The monoisotopic (exact) mass is 1180 g/mol. The van der Waals surface area contributed by atoms with Gasteiger partial charge < -0.3 is 13.4 Å². The molecule has 3 heteroatoms. The standard InChI is InChI=1S/C90H53NO2/c1-2-18-58(19-3-1)85-71-22-8-10-24-73(71)86(74-25-11-9-23-72(74)85)59-42-46-64(47-43-59)91-83-48-44-62(69-28-14-32-77-75-30-12-26-67(87(75)92-89(69)77)60-40-38-56-36-34-54-16-4-6-20-65(54)79(56)50-60)52-81(83)82-53-63(45-49-84(82)91)70-29-15-33-78-76-31-13-27-68(88(76)93-90(70)78)61-41-39-57-37-35-55-17-5-7-21-66(55)80(57)51-61/h1-53H. The van der Waals surface area contributed by atoms with Crippen LogP contribution in [0.4, 0.5) is 0 Å². The van der Waals surface area contributed by atoms with Gasteiger partial charge >= 0.3 is 0 Å². The molecular weight excluding hydrogens is 1130 g/mol. The van der Waals surface area contributed by atoms with Crippen LogP contribution in [0.5, 0.6) is 0 Å². The summed E-state index contributed by atoms with van der Waals surface area (Å²) in [5, 5.41) is 21.5. The van der Waals surface area contributed by atoms with Crippen LogP contribution in [0.3, 0.4) is 0 Å². The van der Waals surface area contributed by atoms with Gasteiger partial charge in [0.15, 0.2) is 0 Å².